The highest BCUT2D eigenvalue weighted by Gasteiger charge is 2.19. The van der Waals surface area contributed by atoms with Gasteiger partial charge in [0.25, 0.3) is 5.95 Å². The zero-order valence-corrected chi connectivity index (χ0v) is 17.7. The van der Waals surface area contributed by atoms with E-state index in [0.717, 1.165) is 33.9 Å². The highest BCUT2D eigenvalue weighted by atomic mass is 15.5. The van der Waals surface area contributed by atoms with E-state index in [9.17, 15) is 0 Å². The first-order valence-electron chi connectivity index (χ1n) is 10.6. The van der Waals surface area contributed by atoms with E-state index >= 15 is 0 Å². The second kappa shape index (κ2) is 8.81. The molecule has 3 aromatic carbocycles. The van der Waals surface area contributed by atoms with Gasteiger partial charge in [0.15, 0.2) is 5.82 Å². The Kier molecular flexibility index (Phi) is 5.41. The van der Waals surface area contributed by atoms with E-state index in [1.807, 2.05) is 84.6 Å². The molecule has 2 aromatic heterocycles. The molecular weight excluding hydrogens is 396 g/mol. The second-order valence-electron chi connectivity index (χ2n) is 7.30. The van der Waals surface area contributed by atoms with Crippen LogP contribution in [0.25, 0.3) is 28.5 Å². The van der Waals surface area contributed by atoms with Crippen molar-refractivity contribution in [3.05, 3.63) is 108 Å². The molecule has 0 spiro atoms. The van der Waals surface area contributed by atoms with Crippen molar-refractivity contribution in [1.29, 1.82) is 0 Å². The first kappa shape index (κ1) is 19.6. The van der Waals surface area contributed by atoms with Gasteiger partial charge in [-0.15, -0.1) is 10.2 Å². The first-order chi connectivity index (χ1) is 15.8. The van der Waals surface area contributed by atoms with Crippen LogP contribution in [0.1, 0.15) is 18.3 Å². The van der Waals surface area contributed by atoms with Crippen LogP contribution in [0.4, 0.5) is 0 Å². The quantitative estimate of drug-likeness (QED) is 0.354. The SMILES string of the molecule is CCc1nnc(-n2nc(-c3ccccc3)cc2-c2ccccc2)n1N=Cc1ccccc1. The molecule has 0 fully saturated rings. The second-order valence-corrected chi connectivity index (χ2v) is 7.30. The van der Waals surface area contributed by atoms with E-state index in [-0.39, 0.29) is 0 Å². The summed E-state index contributed by atoms with van der Waals surface area (Å²) >= 11 is 0. The Balaban J connectivity index is 1.67. The minimum Gasteiger partial charge on any atom is -0.196 e. The fraction of sp³-hybridized carbons (Fsp3) is 0.0769. The van der Waals surface area contributed by atoms with Crippen molar-refractivity contribution in [1.82, 2.24) is 24.7 Å². The molecule has 0 aliphatic carbocycles. The van der Waals surface area contributed by atoms with Crippen molar-refractivity contribution < 1.29 is 0 Å². The molecule has 0 atom stereocenters. The van der Waals surface area contributed by atoms with Gasteiger partial charge in [-0.05, 0) is 11.6 Å². The zero-order valence-electron chi connectivity index (χ0n) is 17.7. The van der Waals surface area contributed by atoms with Crippen molar-refractivity contribution in [2.45, 2.75) is 13.3 Å². The van der Waals surface area contributed by atoms with Gasteiger partial charge in [0.2, 0.25) is 0 Å². The van der Waals surface area contributed by atoms with Gasteiger partial charge in [-0.3, -0.25) is 0 Å². The Morgan fingerprint density at radius 1 is 0.781 bits per heavy atom. The smallest absolute Gasteiger partial charge is 0.196 e. The molecule has 6 nitrogen and oxygen atoms in total. The minimum atomic E-state index is 0.551. The summed E-state index contributed by atoms with van der Waals surface area (Å²) in [5.74, 6) is 1.32. The standard InChI is InChI=1S/C26H22N6/c1-2-25-28-29-26(32(25)27-19-20-12-6-3-7-13-20)31-24(22-16-10-5-11-17-22)18-23(30-31)21-14-8-4-9-15-21/h3-19H,2H2,1H3. The van der Waals surface area contributed by atoms with Gasteiger partial charge in [0.05, 0.1) is 17.6 Å². The highest BCUT2D eigenvalue weighted by molar-refractivity contribution is 5.79. The van der Waals surface area contributed by atoms with Gasteiger partial charge >= 0.3 is 0 Å². The maximum Gasteiger partial charge on any atom is 0.273 e. The Morgan fingerprint density at radius 3 is 2.06 bits per heavy atom. The van der Waals surface area contributed by atoms with Crippen molar-refractivity contribution in [3.8, 4) is 28.5 Å². The van der Waals surface area contributed by atoms with E-state index in [1.54, 1.807) is 4.68 Å². The molecule has 6 heteroatoms. The number of rotatable bonds is 6. The zero-order chi connectivity index (χ0) is 21.8. The maximum absolute atomic E-state index is 4.91. The molecular formula is C26H22N6. The predicted octanol–water partition coefficient (Wildman–Crippen LogP) is 5.24. The van der Waals surface area contributed by atoms with Crippen LogP contribution < -0.4 is 0 Å². The summed E-state index contributed by atoms with van der Waals surface area (Å²) in [6.07, 6.45) is 2.52. The fourth-order valence-electron chi connectivity index (χ4n) is 3.54. The number of benzene rings is 3. The molecule has 5 rings (SSSR count). The van der Waals surface area contributed by atoms with Crippen molar-refractivity contribution in [3.63, 3.8) is 0 Å². The van der Waals surface area contributed by atoms with Gasteiger partial charge in [0.1, 0.15) is 0 Å². The molecule has 0 saturated carbocycles. The van der Waals surface area contributed by atoms with Gasteiger partial charge in [0, 0.05) is 17.5 Å². The largest absolute Gasteiger partial charge is 0.273 e. The van der Waals surface area contributed by atoms with E-state index in [2.05, 4.69) is 40.5 Å². The summed E-state index contributed by atoms with van der Waals surface area (Å²) in [7, 11) is 0. The fourth-order valence-corrected chi connectivity index (χ4v) is 3.54. The van der Waals surface area contributed by atoms with Gasteiger partial charge in [-0.25, -0.2) is 0 Å². The molecule has 0 N–H and O–H groups in total. The summed E-state index contributed by atoms with van der Waals surface area (Å²) in [6, 6.07) is 32.4. The average Bonchev–Trinajstić information content (AvgIpc) is 3.48. The molecule has 0 unspecified atom stereocenters. The number of hydrogen-bond acceptors (Lipinski definition) is 4. The van der Waals surface area contributed by atoms with Crippen LogP contribution in [-0.2, 0) is 6.42 Å². The van der Waals surface area contributed by atoms with E-state index in [1.165, 1.54) is 0 Å². The predicted molar refractivity (Wildman–Crippen MR) is 127 cm³/mol. The number of aryl methyl sites for hydroxylation is 1. The number of aromatic nitrogens is 5. The highest BCUT2D eigenvalue weighted by Crippen LogP contribution is 2.28. The lowest BCUT2D eigenvalue weighted by Gasteiger charge is -2.07. The Bertz CT molecular complexity index is 1340. The van der Waals surface area contributed by atoms with Crippen molar-refractivity contribution >= 4 is 6.21 Å². The average molecular weight is 419 g/mol. The normalized spacial score (nSPS) is 11.3. The van der Waals surface area contributed by atoms with Crippen LogP contribution in [0.2, 0.25) is 0 Å². The molecule has 0 bridgehead atoms. The lowest BCUT2D eigenvalue weighted by atomic mass is 10.1. The van der Waals surface area contributed by atoms with Gasteiger partial charge in [-0.1, -0.05) is 97.9 Å². The molecule has 0 aliphatic heterocycles. The van der Waals surface area contributed by atoms with E-state index in [4.69, 9.17) is 10.2 Å². The first-order valence-corrected chi connectivity index (χ1v) is 10.6. The monoisotopic (exact) mass is 418 g/mol. The summed E-state index contributed by atoms with van der Waals surface area (Å²) < 4.78 is 3.59. The lowest BCUT2D eigenvalue weighted by Crippen LogP contribution is -2.08. The Morgan fingerprint density at radius 2 is 1.41 bits per heavy atom. The third-order valence-corrected chi connectivity index (χ3v) is 5.16. The van der Waals surface area contributed by atoms with Gasteiger partial charge < -0.3 is 0 Å². The minimum absolute atomic E-state index is 0.551. The number of nitrogens with zero attached hydrogens (tertiary/aromatic N) is 6. The van der Waals surface area contributed by atoms with Crippen LogP contribution >= 0.6 is 0 Å². The Hall–Kier alpha value is -4.32. The molecule has 5 aromatic rings. The molecule has 0 aliphatic rings. The molecule has 0 radical (unpaired) electrons. The maximum atomic E-state index is 4.91. The van der Waals surface area contributed by atoms with E-state index in [0.29, 0.717) is 12.4 Å². The number of hydrogen-bond donors (Lipinski definition) is 0. The Labute approximate surface area is 186 Å². The van der Waals surface area contributed by atoms with Gasteiger partial charge in [-0.2, -0.15) is 19.6 Å². The third-order valence-electron chi connectivity index (χ3n) is 5.16. The van der Waals surface area contributed by atoms with Crippen LogP contribution in [0.15, 0.2) is 102 Å². The molecule has 0 saturated heterocycles. The lowest BCUT2D eigenvalue weighted by molar-refractivity contribution is 0.719. The third kappa shape index (κ3) is 3.86. The van der Waals surface area contributed by atoms with Crippen molar-refractivity contribution in [2.75, 3.05) is 0 Å². The van der Waals surface area contributed by atoms with Crippen LogP contribution in [0.5, 0.6) is 0 Å². The molecule has 156 valence electrons. The molecule has 32 heavy (non-hydrogen) atoms. The van der Waals surface area contributed by atoms with Crippen LogP contribution in [0, 0.1) is 0 Å². The van der Waals surface area contributed by atoms with Crippen LogP contribution in [-0.4, -0.2) is 30.9 Å². The topological polar surface area (TPSA) is 60.9 Å². The molecule has 2 heterocycles. The summed E-state index contributed by atoms with van der Waals surface area (Å²) in [6.45, 7) is 2.04. The van der Waals surface area contributed by atoms with Crippen molar-refractivity contribution in [2.24, 2.45) is 5.10 Å². The summed E-state index contributed by atoms with van der Waals surface area (Å²) in [5, 5.41) is 18.5. The summed E-state index contributed by atoms with van der Waals surface area (Å²) in [4.78, 5) is 0. The van der Waals surface area contributed by atoms with Crippen LogP contribution in [0.3, 0.4) is 0 Å². The van der Waals surface area contributed by atoms with E-state index < -0.39 is 0 Å². The molecule has 0 amide bonds. The summed E-state index contributed by atoms with van der Waals surface area (Å²) in [5.41, 5.74) is 4.88.